The number of nitrogens with zero attached hydrogens (tertiary/aromatic N) is 2. The maximum absolute atomic E-state index is 12.0. The van der Waals surface area contributed by atoms with E-state index in [9.17, 15) is 4.79 Å². The Hall–Kier alpha value is -3.06. The van der Waals surface area contributed by atoms with Crippen molar-refractivity contribution in [1.29, 1.82) is 0 Å². The number of rotatable bonds is 6. The minimum Gasteiger partial charge on any atom is -0.481 e. The fraction of sp³-hybridized carbons (Fsp3) is 0.300. The normalized spacial score (nSPS) is 14.3. The molecule has 1 aliphatic heterocycles. The zero-order valence-corrected chi connectivity index (χ0v) is 14.9. The van der Waals surface area contributed by atoms with Crippen LogP contribution in [0.1, 0.15) is 5.76 Å². The molecule has 0 atom stereocenters. The second-order valence-electron chi connectivity index (χ2n) is 6.24. The number of fused-ring (bicyclic) bond motifs is 1. The molecule has 1 fully saturated rings. The summed E-state index contributed by atoms with van der Waals surface area (Å²) in [6.45, 7) is 3.29. The van der Waals surface area contributed by atoms with Gasteiger partial charge in [-0.1, -0.05) is 12.1 Å². The van der Waals surface area contributed by atoms with Gasteiger partial charge in [0.25, 0.3) is 5.91 Å². The largest absolute Gasteiger partial charge is 0.481 e. The smallest absolute Gasteiger partial charge is 0.258 e. The van der Waals surface area contributed by atoms with Crippen LogP contribution in [0.4, 0.5) is 5.82 Å². The summed E-state index contributed by atoms with van der Waals surface area (Å²) in [4.78, 5) is 19.0. The molecule has 1 aliphatic rings. The molecule has 1 amide bonds. The second kappa shape index (κ2) is 8.09. The molecule has 3 aromatic rings. The number of para-hydroxylation sites is 1. The van der Waals surface area contributed by atoms with Crippen LogP contribution >= 0.6 is 0 Å². The predicted octanol–water partition coefficient (Wildman–Crippen LogP) is 2.36. The number of hydrogen-bond donors (Lipinski definition) is 1. The number of carbonyl (C=O) groups is 1. The molecule has 140 valence electrons. The Morgan fingerprint density at radius 2 is 2.04 bits per heavy atom. The van der Waals surface area contributed by atoms with Crippen molar-refractivity contribution < 1.29 is 18.7 Å². The van der Waals surface area contributed by atoms with Gasteiger partial charge in [-0.2, -0.15) is 0 Å². The standard InChI is InChI=1S/C20H21N3O4/c24-19(21-13-16-4-2-10-26-16)14-27-17-5-1-3-15-6-7-18(22-20(15)17)23-8-11-25-12-9-23/h1-7,10H,8-9,11-14H2,(H,21,24). The van der Waals surface area contributed by atoms with Gasteiger partial charge in [0.15, 0.2) is 6.61 Å². The fourth-order valence-corrected chi connectivity index (χ4v) is 2.99. The van der Waals surface area contributed by atoms with E-state index in [4.69, 9.17) is 18.9 Å². The molecule has 0 unspecified atom stereocenters. The van der Waals surface area contributed by atoms with Crippen molar-refractivity contribution >= 4 is 22.6 Å². The maximum atomic E-state index is 12.0. The number of hydrogen-bond acceptors (Lipinski definition) is 6. The zero-order chi connectivity index (χ0) is 18.5. The van der Waals surface area contributed by atoms with Crippen LogP contribution in [-0.2, 0) is 16.1 Å². The summed E-state index contributed by atoms with van der Waals surface area (Å²) in [6.07, 6.45) is 1.58. The van der Waals surface area contributed by atoms with Crippen LogP contribution in [0, 0.1) is 0 Å². The summed E-state index contributed by atoms with van der Waals surface area (Å²) in [5.74, 6) is 1.97. The van der Waals surface area contributed by atoms with Crippen LogP contribution < -0.4 is 15.0 Å². The van der Waals surface area contributed by atoms with E-state index in [2.05, 4.69) is 10.2 Å². The summed E-state index contributed by atoms with van der Waals surface area (Å²) in [7, 11) is 0. The zero-order valence-electron chi connectivity index (χ0n) is 14.9. The minimum absolute atomic E-state index is 0.0801. The predicted molar refractivity (Wildman–Crippen MR) is 101 cm³/mol. The number of morpholine rings is 1. The lowest BCUT2D eigenvalue weighted by molar-refractivity contribution is -0.123. The van der Waals surface area contributed by atoms with Crippen LogP contribution in [-0.4, -0.2) is 43.8 Å². The summed E-state index contributed by atoms with van der Waals surface area (Å²) in [6, 6.07) is 13.3. The average Bonchev–Trinajstić information content (AvgIpc) is 3.24. The van der Waals surface area contributed by atoms with Gasteiger partial charge in [-0.05, 0) is 30.3 Å². The van der Waals surface area contributed by atoms with Gasteiger partial charge < -0.3 is 24.1 Å². The Balaban J connectivity index is 1.44. The Labute approximate surface area is 156 Å². The highest BCUT2D eigenvalue weighted by molar-refractivity contribution is 5.86. The molecular formula is C20H21N3O4. The molecule has 0 radical (unpaired) electrons. The molecule has 27 heavy (non-hydrogen) atoms. The number of ether oxygens (including phenoxy) is 2. The first kappa shape index (κ1) is 17.4. The van der Waals surface area contributed by atoms with Gasteiger partial charge in [0.1, 0.15) is 22.8 Å². The van der Waals surface area contributed by atoms with Crippen LogP contribution in [0.5, 0.6) is 5.75 Å². The Morgan fingerprint density at radius 1 is 1.15 bits per heavy atom. The van der Waals surface area contributed by atoms with Crippen molar-refractivity contribution in [3.63, 3.8) is 0 Å². The number of anilines is 1. The average molecular weight is 367 g/mol. The molecule has 7 heteroatoms. The van der Waals surface area contributed by atoms with E-state index in [0.717, 1.165) is 29.8 Å². The maximum Gasteiger partial charge on any atom is 0.258 e. The Morgan fingerprint density at radius 3 is 2.85 bits per heavy atom. The number of aromatic nitrogens is 1. The monoisotopic (exact) mass is 367 g/mol. The molecule has 0 spiro atoms. The molecule has 0 saturated carbocycles. The van der Waals surface area contributed by atoms with Gasteiger partial charge in [0.05, 0.1) is 26.0 Å². The van der Waals surface area contributed by atoms with Gasteiger partial charge in [0.2, 0.25) is 0 Å². The first-order chi connectivity index (χ1) is 13.3. The van der Waals surface area contributed by atoms with Crippen LogP contribution in [0.25, 0.3) is 10.9 Å². The van der Waals surface area contributed by atoms with Crippen molar-refractivity contribution in [1.82, 2.24) is 10.3 Å². The summed E-state index contributed by atoms with van der Waals surface area (Å²) < 4.78 is 16.3. The van der Waals surface area contributed by atoms with E-state index in [0.29, 0.717) is 31.3 Å². The van der Waals surface area contributed by atoms with Crippen molar-refractivity contribution in [3.8, 4) is 5.75 Å². The molecule has 0 bridgehead atoms. The van der Waals surface area contributed by atoms with Crippen molar-refractivity contribution in [2.24, 2.45) is 0 Å². The van der Waals surface area contributed by atoms with E-state index in [1.807, 2.05) is 36.4 Å². The van der Waals surface area contributed by atoms with Crippen LogP contribution in [0.15, 0.2) is 53.1 Å². The molecular weight excluding hydrogens is 346 g/mol. The third-order valence-electron chi connectivity index (χ3n) is 4.40. The molecule has 1 aromatic carbocycles. The molecule has 3 heterocycles. The molecule has 0 aliphatic carbocycles. The van der Waals surface area contributed by atoms with Crippen molar-refractivity contribution in [2.45, 2.75) is 6.54 Å². The summed E-state index contributed by atoms with van der Waals surface area (Å²) in [5.41, 5.74) is 0.750. The highest BCUT2D eigenvalue weighted by atomic mass is 16.5. The fourth-order valence-electron chi connectivity index (χ4n) is 2.99. The minimum atomic E-state index is -0.215. The van der Waals surface area contributed by atoms with Crippen LogP contribution in [0.2, 0.25) is 0 Å². The first-order valence-electron chi connectivity index (χ1n) is 8.94. The van der Waals surface area contributed by atoms with Gasteiger partial charge in [-0.25, -0.2) is 4.98 Å². The lowest BCUT2D eigenvalue weighted by atomic mass is 10.2. The lowest BCUT2D eigenvalue weighted by Crippen LogP contribution is -2.36. The first-order valence-corrected chi connectivity index (χ1v) is 8.94. The lowest BCUT2D eigenvalue weighted by Gasteiger charge is -2.28. The number of pyridine rings is 1. The topological polar surface area (TPSA) is 76.8 Å². The molecule has 2 aromatic heterocycles. The van der Waals surface area contributed by atoms with Gasteiger partial charge in [-0.15, -0.1) is 0 Å². The third-order valence-corrected chi connectivity index (χ3v) is 4.40. The number of amides is 1. The van der Waals surface area contributed by atoms with E-state index >= 15 is 0 Å². The summed E-state index contributed by atoms with van der Waals surface area (Å²) >= 11 is 0. The molecule has 7 nitrogen and oxygen atoms in total. The quantitative estimate of drug-likeness (QED) is 0.721. The number of nitrogens with one attached hydrogen (secondary N) is 1. The van der Waals surface area contributed by atoms with E-state index < -0.39 is 0 Å². The van der Waals surface area contributed by atoms with E-state index in [1.54, 1.807) is 12.3 Å². The number of furan rings is 1. The number of benzene rings is 1. The summed E-state index contributed by atoms with van der Waals surface area (Å²) in [5, 5.41) is 3.74. The Kier molecular flexibility index (Phi) is 5.20. The third kappa shape index (κ3) is 4.20. The Bertz CT molecular complexity index is 905. The highest BCUT2D eigenvalue weighted by Crippen LogP contribution is 2.26. The molecule has 4 rings (SSSR count). The van der Waals surface area contributed by atoms with Gasteiger partial charge in [0, 0.05) is 18.5 Å². The van der Waals surface area contributed by atoms with Crippen molar-refractivity contribution in [2.75, 3.05) is 37.8 Å². The highest BCUT2D eigenvalue weighted by Gasteiger charge is 2.14. The van der Waals surface area contributed by atoms with Crippen molar-refractivity contribution in [3.05, 3.63) is 54.5 Å². The van der Waals surface area contributed by atoms with Gasteiger partial charge >= 0.3 is 0 Å². The molecule has 1 N–H and O–H groups in total. The number of carbonyl (C=O) groups excluding carboxylic acids is 1. The van der Waals surface area contributed by atoms with E-state index in [-0.39, 0.29) is 12.5 Å². The SMILES string of the molecule is O=C(COc1cccc2ccc(N3CCOCC3)nc12)NCc1ccco1. The second-order valence-corrected chi connectivity index (χ2v) is 6.24. The van der Waals surface area contributed by atoms with E-state index in [1.165, 1.54) is 0 Å². The molecule has 1 saturated heterocycles. The van der Waals surface area contributed by atoms with Gasteiger partial charge in [-0.3, -0.25) is 4.79 Å². The van der Waals surface area contributed by atoms with Crippen LogP contribution in [0.3, 0.4) is 0 Å².